The van der Waals surface area contributed by atoms with Crippen LogP contribution in [-0.4, -0.2) is 17.7 Å². The van der Waals surface area contributed by atoms with Gasteiger partial charge in [-0.3, -0.25) is 0 Å². The summed E-state index contributed by atoms with van der Waals surface area (Å²) in [6, 6.07) is 5.51. The minimum absolute atomic E-state index is 0.0358. The molecule has 4 heteroatoms. The molecule has 13 heavy (non-hydrogen) atoms. The van der Waals surface area contributed by atoms with Crippen LogP contribution >= 0.6 is 11.8 Å². The largest absolute Gasteiger partial charge is 0.481 e. The van der Waals surface area contributed by atoms with Crippen molar-refractivity contribution in [3.63, 3.8) is 0 Å². The molecule has 0 amide bonds. The van der Waals surface area contributed by atoms with Crippen molar-refractivity contribution in [3.8, 4) is 5.75 Å². The predicted octanol–water partition coefficient (Wildman–Crippen LogP) is 1.12. The number of nitrogens with two attached hydrogens (primary N) is 1. The van der Waals surface area contributed by atoms with Gasteiger partial charge in [0.05, 0.1) is 17.5 Å². The van der Waals surface area contributed by atoms with Gasteiger partial charge in [-0.05, 0) is 17.7 Å². The van der Waals surface area contributed by atoms with Crippen LogP contribution in [0.5, 0.6) is 5.75 Å². The maximum Gasteiger partial charge on any atom is 0.138 e. The normalized spacial score (nSPS) is 16.5. The van der Waals surface area contributed by atoms with E-state index in [0.29, 0.717) is 5.94 Å². The predicted molar refractivity (Wildman–Crippen MR) is 51.8 cm³/mol. The van der Waals surface area contributed by atoms with E-state index in [9.17, 15) is 0 Å². The van der Waals surface area contributed by atoms with Gasteiger partial charge in [0.25, 0.3) is 0 Å². The number of ether oxygens (including phenoxy) is 1. The average Bonchev–Trinajstić information content (AvgIpc) is 2.63. The number of aliphatic hydroxyl groups excluding tert-OH is 1. The summed E-state index contributed by atoms with van der Waals surface area (Å²) in [4.78, 5) is 1.15. The fourth-order valence-corrected chi connectivity index (χ4v) is 1.99. The van der Waals surface area contributed by atoms with Gasteiger partial charge in [-0.1, -0.05) is 17.8 Å². The standard InChI is InChI=1S/C9H11NO2S/c10-7(4-11)6-1-2-9-8(3-6)12-5-13-9/h1-3,7,11H,4-5,10H2. The van der Waals surface area contributed by atoms with Gasteiger partial charge in [0.1, 0.15) is 11.7 Å². The molecule has 1 aromatic rings. The molecule has 1 unspecified atom stereocenters. The van der Waals surface area contributed by atoms with Crippen molar-refractivity contribution in [2.75, 3.05) is 12.5 Å². The summed E-state index contributed by atoms with van der Waals surface area (Å²) in [7, 11) is 0. The molecule has 1 aliphatic rings. The second-order valence-corrected chi connectivity index (χ2v) is 3.87. The molecule has 0 bridgehead atoms. The summed E-state index contributed by atoms with van der Waals surface area (Å²) in [5.74, 6) is 1.55. The van der Waals surface area contributed by atoms with Crippen molar-refractivity contribution in [2.45, 2.75) is 10.9 Å². The van der Waals surface area contributed by atoms with Crippen LogP contribution in [0.3, 0.4) is 0 Å². The Morgan fingerprint density at radius 3 is 3.23 bits per heavy atom. The Bertz CT molecular complexity index is 316. The number of benzene rings is 1. The van der Waals surface area contributed by atoms with Crippen LogP contribution in [0, 0.1) is 0 Å². The molecule has 0 radical (unpaired) electrons. The summed E-state index contributed by atoms with van der Waals surface area (Å²) < 4.78 is 5.36. The Hall–Kier alpha value is -0.710. The SMILES string of the molecule is NC(CO)c1ccc2c(c1)OCS2. The highest BCUT2D eigenvalue weighted by molar-refractivity contribution is 7.99. The van der Waals surface area contributed by atoms with Crippen LogP contribution < -0.4 is 10.5 Å². The fraction of sp³-hybridized carbons (Fsp3) is 0.333. The van der Waals surface area contributed by atoms with Crippen LogP contribution in [0.4, 0.5) is 0 Å². The third kappa shape index (κ3) is 1.65. The third-order valence-electron chi connectivity index (χ3n) is 2.02. The molecule has 0 saturated heterocycles. The highest BCUT2D eigenvalue weighted by atomic mass is 32.2. The lowest BCUT2D eigenvalue weighted by Gasteiger charge is -2.09. The Morgan fingerprint density at radius 1 is 1.62 bits per heavy atom. The van der Waals surface area contributed by atoms with Gasteiger partial charge < -0.3 is 15.6 Å². The van der Waals surface area contributed by atoms with Crippen LogP contribution in [0.2, 0.25) is 0 Å². The zero-order valence-electron chi connectivity index (χ0n) is 7.06. The molecule has 3 nitrogen and oxygen atoms in total. The second kappa shape index (κ2) is 3.57. The third-order valence-corrected chi connectivity index (χ3v) is 2.91. The maximum absolute atomic E-state index is 8.87. The van der Waals surface area contributed by atoms with E-state index < -0.39 is 0 Å². The highest BCUT2D eigenvalue weighted by Gasteiger charge is 2.14. The van der Waals surface area contributed by atoms with Crippen molar-refractivity contribution in [1.29, 1.82) is 0 Å². The lowest BCUT2D eigenvalue weighted by Crippen LogP contribution is -2.14. The topological polar surface area (TPSA) is 55.5 Å². The van der Waals surface area contributed by atoms with E-state index in [4.69, 9.17) is 15.6 Å². The zero-order valence-corrected chi connectivity index (χ0v) is 7.88. The summed E-state index contributed by atoms with van der Waals surface area (Å²) >= 11 is 1.67. The first kappa shape index (κ1) is 8.87. The molecular weight excluding hydrogens is 186 g/mol. The Labute approximate surface area is 80.9 Å². The molecule has 0 fully saturated rings. The lowest BCUT2D eigenvalue weighted by atomic mass is 10.1. The lowest BCUT2D eigenvalue weighted by molar-refractivity contribution is 0.267. The molecule has 1 aromatic carbocycles. The molecule has 0 spiro atoms. The Balaban J connectivity index is 2.30. The van der Waals surface area contributed by atoms with Crippen molar-refractivity contribution < 1.29 is 9.84 Å². The number of thioether (sulfide) groups is 1. The fourth-order valence-electron chi connectivity index (χ4n) is 1.25. The van der Waals surface area contributed by atoms with Gasteiger partial charge in [-0.15, -0.1) is 0 Å². The smallest absolute Gasteiger partial charge is 0.138 e. The molecule has 70 valence electrons. The molecule has 0 saturated carbocycles. The molecule has 0 aliphatic carbocycles. The summed E-state index contributed by atoms with van der Waals surface area (Å²) in [6.07, 6.45) is 0. The summed E-state index contributed by atoms with van der Waals surface area (Å²) in [5.41, 5.74) is 6.60. The van der Waals surface area contributed by atoms with E-state index in [0.717, 1.165) is 16.2 Å². The van der Waals surface area contributed by atoms with Gasteiger partial charge >= 0.3 is 0 Å². The van der Waals surface area contributed by atoms with Crippen LogP contribution in [-0.2, 0) is 0 Å². The van der Waals surface area contributed by atoms with Gasteiger partial charge in [0, 0.05) is 0 Å². The number of hydrogen-bond acceptors (Lipinski definition) is 4. The first-order valence-electron chi connectivity index (χ1n) is 4.07. The minimum atomic E-state index is -0.306. The van der Waals surface area contributed by atoms with Gasteiger partial charge in [0.2, 0.25) is 0 Å². The average molecular weight is 197 g/mol. The number of aliphatic hydroxyl groups is 1. The van der Waals surface area contributed by atoms with Crippen molar-refractivity contribution >= 4 is 11.8 Å². The van der Waals surface area contributed by atoms with Crippen LogP contribution in [0.1, 0.15) is 11.6 Å². The van der Waals surface area contributed by atoms with Crippen molar-refractivity contribution in [3.05, 3.63) is 23.8 Å². The number of hydrogen-bond donors (Lipinski definition) is 2. The van der Waals surface area contributed by atoms with Crippen LogP contribution in [0.25, 0.3) is 0 Å². The van der Waals surface area contributed by atoms with E-state index in [1.54, 1.807) is 11.8 Å². The monoisotopic (exact) mass is 197 g/mol. The first-order valence-corrected chi connectivity index (χ1v) is 5.06. The van der Waals surface area contributed by atoms with E-state index >= 15 is 0 Å². The van der Waals surface area contributed by atoms with Gasteiger partial charge in [-0.25, -0.2) is 0 Å². The Morgan fingerprint density at radius 2 is 2.46 bits per heavy atom. The molecule has 1 atom stereocenters. The molecule has 0 aromatic heterocycles. The van der Waals surface area contributed by atoms with E-state index in [-0.39, 0.29) is 12.6 Å². The van der Waals surface area contributed by atoms with Crippen molar-refractivity contribution in [2.24, 2.45) is 5.73 Å². The zero-order chi connectivity index (χ0) is 9.26. The van der Waals surface area contributed by atoms with Crippen LogP contribution in [0.15, 0.2) is 23.1 Å². The van der Waals surface area contributed by atoms with E-state index in [1.807, 2.05) is 18.2 Å². The first-order chi connectivity index (χ1) is 6.31. The molecule has 3 N–H and O–H groups in total. The molecule has 1 heterocycles. The molecular formula is C9H11NO2S. The Kier molecular flexibility index (Phi) is 2.44. The highest BCUT2D eigenvalue weighted by Crippen LogP contribution is 2.37. The quantitative estimate of drug-likeness (QED) is 0.746. The van der Waals surface area contributed by atoms with Gasteiger partial charge in [0.15, 0.2) is 0 Å². The summed E-state index contributed by atoms with van der Waals surface area (Å²) in [6.45, 7) is -0.0358. The summed E-state index contributed by atoms with van der Waals surface area (Å²) in [5, 5.41) is 8.87. The van der Waals surface area contributed by atoms with E-state index in [2.05, 4.69) is 0 Å². The number of rotatable bonds is 2. The molecule has 1 aliphatic heterocycles. The van der Waals surface area contributed by atoms with Crippen molar-refractivity contribution in [1.82, 2.24) is 0 Å². The maximum atomic E-state index is 8.87. The number of fused-ring (bicyclic) bond motifs is 1. The minimum Gasteiger partial charge on any atom is -0.481 e. The second-order valence-electron chi connectivity index (χ2n) is 2.90. The van der Waals surface area contributed by atoms with Gasteiger partial charge in [-0.2, -0.15) is 0 Å². The van der Waals surface area contributed by atoms with E-state index in [1.165, 1.54) is 0 Å². The molecule has 2 rings (SSSR count).